The maximum atomic E-state index is 11.6. The zero-order chi connectivity index (χ0) is 10.7. The van der Waals surface area contributed by atoms with Gasteiger partial charge in [-0.3, -0.25) is 14.6 Å². The molecule has 0 atom stereocenters. The van der Waals surface area contributed by atoms with Gasteiger partial charge in [0.05, 0.1) is 0 Å². The fourth-order valence-corrected chi connectivity index (χ4v) is 1.15. The molecule has 0 spiro atoms. The van der Waals surface area contributed by atoms with E-state index < -0.39 is 0 Å². The van der Waals surface area contributed by atoms with E-state index in [1.807, 2.05) is 6.07 Å². The average Bonchev–Trinajstić information content (AvgIpc) is 2.65. The van der Waals surface area contributed by atoms with Gasteiger partial charge in [0.1, 0.15) is 0 Å². The molecule has 0 aliphatic carbocycles. The maximum Gasteiger partial charge on any atom is 0.302 e. The lowest BCUT2D eigenvalue weighted by atomic mass is 10.2. The van der Waals surface area contributed by atoms with Gasteiger partial charge in [0, 0.05) is 5.56 Å². The molecule has 1 aromatic carbocycles. The Morgan fingerprint density at radius 2 is 2.13 bits per heavy atom. The van der Waals surface area contributed by atoms with Crippen LogP contribution in [-0.2, 0) is 7.05 Å². The van der Waals surface area contributed by atoms with Crippen LogP contribution in [0.5, 0.6) is 0 Å². The molecule has 0 unspecified atom stereocenters. The highest BCUT2D eigenvalue weighted by Gasteiger charge is 2.11. The van der Waals surface area contributed by atoms with Crippen molar-refractivity contribution >= 4 is 11.8 Å². The predicted octanol–water partition coefficient (Wildman–Crippen LogP) is 0.751. The van der Waals surface area contributed by atoms with Gasteiger partial charge in [0.15, 0.2) is 12.3 Å². The van der Waals surface area contributed by atoms with E-state index in [2.05, 4.69) is 10.6 Å². The Kier molecular flexibility index (Phi) is 2.45. The highest BCUT2D eigenvalue weighted by molar-refractivity contribution is 6.03. The molecule has 5 nitrogen and oxygen atoms in total. The summed E-state index contributed by atoms with van der Waals surface area (Å²) in [5, 5.41) is 6.18. The van der Waals surface area contributed by atoms with E-state index in [0.29, 0.717) is 11.4 Å². The molecule has 2 aromatic rings. The number of hydrogen-bond acceptors (Lipinski definition) is 3. The van der Waals surface area contributed by atoms with Crippen LogP contribution in [0.2, 0.25) is 0 Å². The van der Waals surface area contributed by atoms with Gasteiger partial charge in [0.25, 0.3) is 12.1 Å². The van der Waals surface area contributed by atoms with Crippen molar-refractivity contribution in [2.24, 2.45) is 7.05 Å². The van der Waals surface area contributed by atoms with Gasteiger partial charge in [-0.05, 0) is 12.1 Å². The van der Waals surface area contributed by atoms with Crippen LogP contribution in [0.1, 0.15) is 10.4 Å². The Labute approximate surface area is 86.3 Å². The Morgan fingerprint density at radius 1 is 1.40 bits per heavy atom. The normalized spacial score (nSPS) is 9.93. The van der Waals surface area contributed by atoms with E-state index in [9.17, 15) is 4.79 Å². The second-order valence-corrected chi connectivity index (χ2v) is 3.06. The summed E-state index contributed by atoms with van der Waals surface area (Å²) in [6, 6.07) is 8.91. The standard InChI is InChI=1S/C10H9N3O2/c1-13-7-9(15-12-13)11-10(14)8-5-3-2-4-6-8/h2-7H,1H3/p+1. The molecule has 1 aromatic heterocycles. The molecule has 0 saturated heterocycles. The molecule has 0 saturated carbocycles. The number of nitrogens with one attached hydrogen (secondary N) is 1. The molecule has 1 heterocycles. The van der Waals surface area contributed by atoms with E-state index in [1.54, 1.807) is 37.5 Å². The van der Waals surface area contributed by atoms with Gasteiger partial charge in [-0.1, -0.05) is 22.9 Å². The fraction of sp³-hybridized carbons (Fsp3) is 0.100. The number of amides is 1. The number of aromatic nitrogens is 2. The van der Waals surface area contributed by atoms with Crippen molar-refractivity contribution < 1.29 is 14.0 Å². The molecule has 1 N–H and O–H groups in total. The minimum atomic E-state index is -0.215. The van der Waals surface area contributed by atoms with Crippen LogP contribution in [-0.4, -0.2) is 11.2 Å². The number of aryl methyl sites for hydroxylation is 1. The van der Waals surface area contributed by atoms with E-state index in [1.165, 1.54) is 4.68 Å². The third-order valence-corrected chi connectivity index (χ3v) is 1.84. The van der Waals surface area contributed by atoms with Gasteiger partial charge in [-0.15, -0.1) is 0 Å². The first-order chi connectivity index (χ1) is 7.25. The molecule has 0 radical (unpaired) electrons. The minimum Gasteiger partial charge on any atom is -0.285 e. The number of benzene rings is 1. The molecular formula is C10H10N3O2+. The molecule has 2 rings (SSSR count). The summed E-state index contributed by atoms with van der Waals surface area (Å²) in [6.45, 7) is 0. The number of carbonyl (C=O) groups is 1. The van der Waals surface area contributed by atoms with Gasteiger partial charge in [-0.2, -0.15) is 0 Å². The van der Waals surface area contributed by atoms with E-state index in [4.69, 9.17) is 4.52 Å². The molecular weight excluding hydrogens is 194 g/mol. The number of rotatable bonds is 2. The lowest BCUT2D eigenvalue weighted by Crippen LogP contribution is -2.28. The molecule has 0 fully saturated rings. The fourth-order valence-electron chi connectivity index (χ4n) is 1.15. The Morgan fingerprint density at radius 3 is 2.73 bits per heavy atom. The Balaban J connectivity index is 2.11. The number of nitrogens with zero attached hydrogens (tertiary/aromatic N) is 2. The zero-order valence-electron chi connectivity index (χ0n) is 8.18. The zero-order valence-corrected chi connectivity index (χ0v) is 8.18. The van der Waals surface area contributed by atoms with Crippen molar-refractivity contribution in [3.05, 3.63) is 42.1 Å². The van der Waals surface area contributed by atoms with Crippen molar-refractivity contribution in [3.8, 4) is 0 Å². The molecule has 5 heteroatoms. The largest absolute Gasteiger partial charge is 0.302 e. The van der Waals surface area contributed by atoms with Crippen molar-refractivity contribution in [1.82, 2.24) is 5.27 Å². The first-order valence-electron chi connectivity index (χ1n) is 4.45. The van der Waals surface area contributed by atoms with E-state index >= 15 is 0 Å². The molecule has 0 aliphatic rings. The summed E-state index contributed by atoms with van der Waals surface area (Å²) in [7, 11) is 1.71. The van der Waals surface area contributed by atoms with Gasteiger partial charge in [0.2, 0.25) is 0 Å². The molecule has 0 aliphatic heterocycles. The second-order valence-electron chi connectivity index (χ2n) is 3.06. The number of anilines is 1. The highest BCUT2D eigenvalue weighted by Crippen LogP contribution is 2.05. The van der Waals surface area contributed by atoms with Gasteiger partial charge < -0.3 is 0 Å². The van der Waals surface area contributed by atoms with Crippen molar-refractivity contribution in [1.29, 1.82) is 0 Å². The topological polar surface area (TPSA) is 59.0 Å². The van der Waals surface area contributed by atoms with E-state index in [0.717, 1.165) is 0 Å². The average molecular weight is 204 g/mol. The Bertz CT molecular complexity index is 465. The van der Waals surface area contributed by atoms with Crippen molar-refractivity contribution in [3.63, 3.8) is 0 Å². The quantitative estimate of drug-likeness (QED) is 0.734. The summed E-state index contributed by atoms with van der Waals surface area (Å²) in [5.74, 6) is 0.110. The van der Waals surface area contributed by atoms with Crippen molar-refractivity contribution in [2.45, 2.75) is 0 Å². The lowest BCUT2D eigenvalue weighted by molar-refractivity contribution is -0.739. The third-order valence-electron chi connectivity index (χ3n) is 1.84. The smallest absolute Gasteiger partial charge is 0.285 e. The molecule has 76 valence electrons. The van der Waals surface area contributed by atoms with Crippen LogP contribution in [0.25, 0.3) is 0 Å². The summed E-state index contributed by atoms with van der Waals surface area (Å²) >= 11 is 0. The lowest BCUT2D eigenvalue weighted by Gasteiger charge is -1.97. The predicted molar refractivity (Wildman–Crippen MR) is 52.1 cm³/mol. The maximum absolute atomic E-state index is 11.6. The van der Waals surface area contributed by atoms with Crippen LogP contribution in [0.4, 0.5) is 5.88 Å². The first kappa shape index (κ1) is 9.39. The van der Waals surface area contributed by atoms with Crippen LogP contribution in [0.15, 0.2) is 41.1 Å². The third kappa shape index (κ3) is 2.19. The van der Waals surface area contributed by atoms with Crippen LogP contribution < -0.4 is 10.00 Å². The first-order valence-corrected chi connectivity index (χ1v) is 4.45. The summed E-state index contributed by atoms with van der Waals surface area (Å²) < 4.78 is 6.31. The summed E-state index contributed by atoms with van der Waals surface area (Å²) in [5.41, 5.74) is 0.580. The number of carbonyl (C=O) groups excluding carboxylic acids is 1. The van der Waals surface area contributed by atoms with E-state index in [-0.39, 0.29) is 5.91 Å². The molecule has 15 heavy (non-hydrogen) atoms. The summed E-state index contributed by atoms with van der Waals surface area (Å²) in [4.78, 5) is 11.6. The molecule has 1 amide bonds. The SMILES string of the molecule is C[n+]1cc(NC(=O)c2ccccc2)on1. The monoisotopic (exact) mass is 204 g/mol. The molecule has 0 bridgehead atoms. The second kappa shape index (κ2) is 3.91. The van der Waals surface area contributed by atoms with Gasteiger partial charge >= 0.3 is 5.88 Å². The van der Waals surface area contributed by atoms with Crippen LogP contribution in [0.3, 0.4) is 0 Å². The Hall–Kier alpha value is -2.17. The van der Waals surface area contributed by atoms with Crippen LogP contribution >= 0.6 is 0 Å². The minimum absolute atomic E-state index is 0.215. The highest BCUT2D eigenvalue weighted by atomic mass is 16.5. The summed E-state index contributed by atoms with van der Waals surface area (Å²) in [6.07, 6.45) is 1.58. The van der Waals surface area contributed by atoms with Gasteiger partial charge in [-0.25, -0.2) is 0 Å². The van der Waals surface area contributed by atoms with Crippen molar-refractivity contribution in [2.75, 3.05) is 5.32 Å². The van der Waals surface area contributed by atoms with Crippen LogP contribution in [0, 0.1) is 0 Å². The number of hydrogen-bond donors (Lipinski definition) is 1.